The second kappa shape index (κ2) is 13.0. The summed E-state index contributed by atoms with van der Waals surface area (Å²) < 4.78 is 5.30. The molecule has 0 spiro atoms. The molecule has 7 nitrogen and oxygen atoms in total. The van der Waals surface area contributed by atoms with Crippen LogP contribution < -0.4 is 5.32 Å². The van der Waals surface area contributed by atoms with Gasteiger partial charge in [0.25, 0.3) is 0 Å². The molecule has 1 aliphatic heterocycles. The largest absolute Gasteiger partial charge is 0.392 e. The average molecular weight is 456 g/mol. The molecular formula is C26H33NO6. The Kier molecular flexibility index (Phi) is 10.4. The Bertz CT molecular complexity index is 921. The maximum Gasteiger partial charge on any atom is 0.227 e. The van der Waals surface area contributed by atoms with Crippen molar-refractivity contribution in [3.63, 3.8) is 0 Å². The lowest BCUT2D eigenvalue weighted by Crippen LogP contribution is -2.32. The van der Waals surface area contributed by atoms with Crippen molar-refractivity contribution in [3.8, 4) is 0 Å². The summed E-state index contributed by atoms with van der Waals surface area (Å²) in [5.41, 5.74) is 0.940. The molecule has 0 aromatic carbocycles. The fourth-order valence-corrected chi connectivity index (χ4v) is 3.58. The summed E-state index contributed by atoms with van der Waals surface area (Å²) >= 11 is 0. The molecule has 0 fully saturated rings. The van der Waals surface area contributed by atoms with Crippen molar-refractivity contribution < 1.29 is 29.3 Å². The fraction of sp³-hybridized carbons (Fsp3) is 0.423. The number of Topliss-reactive ketones (excluding diaryl/α,β-unsaturated/α-hetero) is 1. The summed E-state index contributed by atoms with van der Waals surface area (Å²) in [6.45, 7) is 3.55. The Labute approximate surface area is 194 Å². The minimum absolute atomic E-state index is 0.0154. The van der Waals surface area contributed by atoms with Gasteiger partial charge in [0.15, 0.2) is 5.78 Å². The molecule has 3 N–H and O–H groups in total. The van der Waals surface area contributed by atoms with Gasteiger partial charge in [0.2, 0.25) is 11.7 Å². The number of carbonyl (C=O) groups excluding carboxylic acids is 3. The van der Waals surface area contributed by atoms with Gasteiger partial charge >= 0.3 is 0 Å². The molecule has 0 saturated heterocycles. The molecule has 4 atom stereocenters. The van der Waals surface area contributed by atoms with Crippen LogP contribution in [0.1, 0.15) is 39.5 Å². The van der Waals surface area contributed by atoms with E-state index in [1.165, 1.54) is 13.2 Å². The van der Waals surface area contributed by atoms with E-state index < -0.39 is 30.0 Å². The number of nitrogens with one attached hydrogen (secondary N) is 1. The molecule has 2 rings (SSSR count). The third kappa shape index (κ3) is 8.20. The zero-order valence-electron chi connectivity index (χ0n) is 19.4. The van der Waals surface area contributed by atoms with E-state index in [0.29, 0.717) is 24.0 Å². The molecule has 0 aromatic heterocycles. The number of fused-ring (bicyclic) bond motifs is 2. The molecule has 7 heteroatoms. The first-order valence-corrected chi connectivity index (χ1v) is 11.1. The molecule has 33 heavy (non-hydrogen) atoms. The van der Waals surface area contributed by atoms with Crippen LogP contribution in [0, 0.1) is 5.92 Å². The number of aliphatic hydroxyl groups is 2. The third-order valence-corrected chi connectivity index (χ3v) is 5.73. The Morgan fingerprint density at radius 2 is 1.79 bits per heavy atom. The zero-order valence-corrected chi connectivity index (χ0v) is 19.4. The number of hydrogen-bond donors (Lipinski definition) is 3. The first-order chi connectivity index (χ1) is 15.7. The van der Waals surface area contributed by atoms with Crippen molar-refractivity contribution in [1.82, 2.24) is 5.32 Å². The molecule has 0 saturated carbocycles. The summed E-state index contributed by atoms with van der Waals surface area (Å²) in [4.78, 5) is 37.3. The maximum atomic E-state index is 12.8. The van der Waals surface area contributed by atoms with Crippen molar-refractivity contribution in [2.45, 2.75) is 57.8 Å². The molecule has 0 unspecified atom stereocenters. The highest BCUT2D eigenvalue weighted by molar-refractivity contribution is 6.21. The molecule has 2 bridgehead atoms. The van der Waals surface area contributed by atoms with E-state index >= 15 is 0 Å². The molecule has 2 aliphatic rings. The monoisotopic (exact) mass is 455 g/mol. The van der Waals surface area contributed by atoms with Crippen LogP contribution in [0.5, 0.6) is 0 Å². The number of aliphatic hydroxyl groups excluding tert-OH is 2. The highest BCUT2D eigenvalue weighted by atomic mass is 16.5. The third-order valence-electron chi connectivity index (χ3n) is 5.73. The van der Waals surface area contributed by atoms with Crippen molar-refractivity contribution in [2.24, 2.45) is 5.92 Å². The molecular weight excluding hydrogens is 422 g/mol. The molecule has 0 aromatic rings. The molecule has 178 valence electrons. The first-order valence-electron chi connectivity index (χ1n) is 11.1. The SMILES string of the molecule is CO[C@H]1\C=C/C=C/C=C/C[C@@H](O)[C@H](C)[C@H](O)/C(C)=C\CCC2=CC(=O)C=C(NC(=O)C1)C2=O. The summed E-state index contributed by atoms with van der Waals surface area (Å²) in [7, 11) is 1.48. The van der Waals surface area contributed by atoms with Gasteiger partial charge in [0.1, 0.15) is 0 Å². The van der Waals surface area contributed by atoms with Gasteiger partial charge in [-0.1, -0.05) is 49.5 Å². The van der Waals surface area contributed by atoms with Gasteiger partial charge in [-0.25, -0.2) is 0 Å². The summed E-state index contributed by atoms with van der Waals surface area (Å²) in [5.74, 6) is -1.58. The molecule has 1 amide bonds. The summed E-state index contributed by atoms with van der Waals surface area (Å²) in [6, 6.07) is 0. The fourth-order valence-electron chi connectivity index (χ4n) is 3.58. The Morgan fingerprint density at radius 1 is 1.06 bits per heavy atom. The number of carbonyl (C=O) groups is 3. The zero-order chi connectivity index (χ0) is 24.4. The lowest BCUT2D eigenvalue weighted by Gasteiger charge is -2.24. The summed E-state index contributed by atoms with van der Waals surface area (Å²) in [5, 5.41) is 23.5. The number of hydrogen-bond acceptors (Lipinski definition) is 6. The van der Waals surface area contributed by atoms with Crippen molar-refractivity contribution in [3.05, 3.63) is 71.5 Å². The van der Waals surface area contributed by atoms with Crippen molar-refractivity contribution in [2.75, 3.05) is 7.11 Å². The van der Waals surface area contributed by atoms with E-state index in [4.69, 9.17) is 4.74 Å². The van der Waals surface area contributed by atoms with Crippen molar-refractivity contribution >= 4 is 17.5 Å². The number of methoxy groups -OCH3 is 1. The highest BCUT2D eigenvalue weighted by Crippen LogP contribution is 2.21. The standard InChI is InChI=1S/C26H33NO6/c1-17-10-9-11-19-14-20(28)15-22(26(19)32)27-24(30)16-21(33-3)12-7-5-4-6-8-13-23(29)18(2)25(17)31/h4-8,10,12,14-15,18,21,23,25,29,31H,9,11,13,16H2,1-3H3,(H,27,30)/b5-4+,8-6+,12-7-,17-10-/t18-,21-,23+,25+/m0/s1. The topological polar surface area (TPSA) is 113 Å². The average Bonchev–Trinajstić information content (AvgIpc) is 2.78. The minimum atomic E-state index is -0.834. The predicted molar refractivity (Wildman–Crippen MR) is 126 cm³/mol. The first kappa shape index (κ1) is 26.4. The number of rotatable bonds is 1. The predicted octanol–water partition coefficient (Wildman–Crippen LogP) is 2.63. The lowest BCUT2D eigenvalue weighted by molar-refractivity contribution is -0.124. The van der Waals surface area contributed by atoms with Crippen LogP contribution in [0.2, 0.25) is 0 Å². The van der Waals surface area contributed by atoms with Gasteiger partial charge in [-0.15, -0.1) is 0 Å². The molecule has 1 aliphatic carbocycles. The van der Waals surface area contributed by atoms with E-state index in [-0.39, 0.29) is 30.2 Å². The van der Waals surface area contributed by atoms with E-state index in [2.05, 4.69) is 5.32 Å². The van der Waals surface area contributed by atoms with Gasteiger partial charge in [-0.05, 0) is 37.8 Å². The second-order valence-corrected chi connectivity index (χ2v) is 8.28. The molecule has 0 radical (unpaired) electrons. The number of amides is 1. The van der Waals surface area contributed by atoms with Gasteiger partial charge in [-0.2, -0.15) is 0 Å². The van der Waals surface area contributed by atoms with Crippen LogP contribution in [-0.4, -0.2) is 53.1 Å². The number of ether oxygens (including phenoxy) is 1. The quantitative estimate of drug-likeness (QED) is 0.414. The smallest absolute Gasteiger partial charge is 0.227 e. The minimum Gasteiger partial charge on any atom is -0.392 e. The van der Waals surface area contributed by atoms with Gasteiger partial charge < -0.3 is 20.3 Å². The number of ketones is 2. The van der Waals surface area contributed by atoms with Gasteiger partial charge in [-0.3, -0.25) is 14.4 Å². The Hall–Kier alpha value is -2.87. The highest BCUT2D eigenvalue weighted by Gasteiger charge is 2.25. The lowest BCUT2D eigenvalue weighted by atomic mass is 9.90. The normalized spacial score (nSPS) is 32.9. The number of allylic oxidation sites excluding steroid dienone is 8. The van der Waals surface area contributed by atoms with E-state index in [1.807, 2.05) is 6.08 Å². The van der Waals surface area contributed by atoms with Gasteiger partial charge in [0.05, 0.1) is 30.4 Å². The second-order valence-electron chi connectivity index (χ2n) is 8.28. The van der Waals surface area contributed by atoms with Crippen LogP contribution in [-0.2, 0) is 19.1 Å². The van der Waals surface area contributed by atoms with E-state index in [9.17, 15) is 24.6 Å². The van der Waals surface area contributed by atoms with E-state index in [0.717, 1.165) is 6.08 Å². The Balaban J connectivity index is 2.25. The van der Waals surface area contributed by atoms with Crippen molar-refractivity contribution in [1.29, 1.82) is 0 Å². The van der Waals surface area contributed by atoms with Crippen LogP contribution in [0.15, 0.2) is 71.5 Å². The Morgan fingerprint density at radius 3 is 2.52 bits per heavy atom. The van der Waals surface area contributed by atoms with Crippen LogP contribution in [0.4, 0.5) is 0 Å². The summed E-state index contributed by atoms with van der Waals surface area (Å²) in [6.07, 6.45) is 13.9. The van der Waals surface area contributed by atoms with Crippen LogP contribution in [0.3, 0.4) is 0 Å². The molecule has 1 heterocycles. The van der Waals surface area contributed by atoms with Crippen LogP contribution >= 0.6 is 0 Å². The van der Waals surface area contributed by atoms with Crippen LogP contribution in [0.25, 0.3) is 0 Å². The van der Waals surface area contributed by atoms with Gasteiger partial charge in [0, 0.05) is 24.7 Å². The van der Waals surface area contributed by atoms with E-state index in [1.54, 1.807) is 50.3 Å². The maximum absolute atomic E-state index is 12.8.